The van der Waals surface area contributed by atoms with Crippen LogP contribution in [0.4, 0.5) is 0 Å². The number of hydrogen-bond acceptors (Lipinski definition) is 4. The molecule has 0 bridgehead atoms. The fourth-order valence-corrected chi connectivity index (χ4v) is 2.10. The largest absolute Gasteiger partial charge is 0.383 e. The molecule has 4 nitrogen and oxygen atoms in total. The number of alkyl halides is 1. The van der Waals surface area contributed by atoms with Crippen LogP contribution < -0.4 is 0 Å². The van der Waals surface area contributed by atoms with Gasteiger partial charge in [-0.1, -0.05) is 24.3 Å². The first-order valence-electron chi connectivity index (χ1n) is 5.52. The quantitative estimate of drug-likeness (QED) is 0.618. The Balaban J connectivity index is 2.39. The highest BCUT2D eigenvalue weighted by Crippen LogP contribution is 2.23. The van der Waals surface area contributed by atoms with Crippen LogP contribution in [-0.4, -0.2) is 42.9 Å². The van der Waals surface area contributed by atoms with Crippen LogP contribution in [-0.2, 0) is 4.74 Å². The van der Waals surface area contributed by atoms with Crippen molar-refractivity contribution in [2.24, 2.45) is 4.99 Å². The van der Waals surface area contributed by atoms with Crippen LogP contribution in [0.25, 0.3) is 0 Å². The zero-order valence-corrected chi connectivity index (χ0v) is 10.6. The lowest BCUT2D eigenvalue weighted by molar-refractivity contribution is 0.0967. The van der Waals surface area contributed by atoms with Crippen LogP contribution in [0, 0.1) is 0 Å². The average Bonchev–Trinajstić information content (AvgIpc) is 2.40. The molecule has 0 radical (unpaired) electrons. The zero-order valence-electron chi connectivity index (χ0n) is 9.85. The summed E-state index contributed by atoms with van der Waals surface area (Å²) in [4.78, 5) is 28.2. The number of ketones is 2. The minimum Gasteiger partial charge on any atom is -0.383 e. The number of ether oxygens (including phenoxy) is 1. The van der Waals surface area contributed by atoms with Gasteiger partial charge in [0.05, 0.1) is 13.2 Å². The summed E-state index contributed by atoms with van der Waals surface area (Å²) in [7, 11) is 1.54. The van der Waals surface area contributed by atoms with Crippen LogP contribution >= 0.6 is 11.6 Å². The molecule has 5 heteroatoms. The molecule has 0 fully saturated rings. The van der Waals surface area contributed by atoms with Gasteiger partial charge in [-0.3, -0.25) is 14.6 Å². The van der Waals surface area contributed by atoms with Gasteiger partial charge in [0.25, 0.3) is 0 Å². The van der Waals surface area contributed by atoms with E-state index in [-0.39, 0.29) is 17.3 Å². The third-order valence-corrected chi connectivity index (χ3v) is 3.12. The number of rotatable bonds is 3. The number of aliphatic imine (C=N–C) groups is 1. The smallest absolute Gasteiger partial charge is 0.209 e. The maximum atomic E-state index is 12.2. The van der Waals surface area contributed by atoms with E-state index in [2.05, 4.69) is 4.99 Å². The SMILES string of the molecule is COCCN=C1C(=O)c2ccccc2C(=O)[C@H]1Cl. The maximum absolute atomic E-state index is 12.2. The van der Waals surface area contributed by atoms with E-state index in [0.717, 1.165) is 0 Å². The minimum atomic E-state index is -0.996. The molecule has 94 valence electrons. The number of fused-ring (bicyclic) bond motifs is 1. The van der Waals surface area contributed by atoms with Crippen LogP contribution in [0.2, 0.25) is 0 Å². The average molecular weight is 266 g/mol. The Hall–Kier alpha value is -1.52. The summed E-state index contributed by atoms with van der Waals surface area (Å²) < 4.78 is 4.85. The van der Waals surface area contributed by atoms with E-state index in [4.69, 9.17) is 16.3 Å². The van der Waals surface area contributed by atoms with Crippen molar-refractivity contribution in [3.05, 3.63) is 35.4 Å². The Morgan fingerprint density at radius 2 is 1.94 bits per heavy atom. The first-order chi connectivity index (χ1) is 8.66. The molecule has 2 rings (SSSR count). The van der Waals surface area contributed by atoms with Crippen LogP contribution in [0.5, 0.6) is 0 Å². The van der Waals surface area contributed by atoms with Crippen molar-refractivity contribution in [2.45, 2.75) is 5.38 Å². The number of hydrogen-bond donors (Lipinski definition) is 0. The normalized spacial score (nSPS) is 21.2. The van der Waals surface area contributed by atoms with E-state index in [0.29, 0.717) is 24.3 Å². The van der Waals surface area contributed by atoms with Gasteiger partial charge < -0.3 is 4.74 Å². The molecule has 18 heavy (non-hydrogen) atoms. The molecule has 0 spiro atoms. The van der Waals surface area contributed by atoms with Crippen LogP contribution in [0.15, 0.2) is 29.3 Å². The van der Waals surface area contributed by atoms with E-state index >= 15 is 0 Å². The summed E-state index contributed by atoms with van der Waals surface area (Å²) in [6.45, 7) is 0.701. The number of halogens is 1. The van der Waals surface area contributed by atoms with E-state index in [9.17, 15) is 9.59 Å². The Bertz CT molecular complexity index is 525. The van der Waals surface area contributed by atoms with Gasteiger partial charge in [-0.15, -0.1) is 11.6 Å². The fourth-order valence-electron chi connectivity index (χ4n) is 1.82. The number of benzene rings is 1. The lowest BCUT2D eigenvalue weighted by Crippen LogP contribution is -2.38. The molecule has 0 saturated carbocycles. The van der Waals surface area contributed by atoms with Gasteiger partial charge in [-0.2, -0.15) is 0 Å². The molecule has 0 aliphatic heterocycles. The second kappa shape index (κ2) is 5.42. The fraction of sp³-hybridized carbons (Fsp3) is 0.308. The van der Waals surface area contributed by atoms with Gasteiger partial charge in [0.2, 0.25) is 5.78 Å². The van der Waals surface area contributed by atoms with Crippen molar-refractivity contribution in [2.75, 3.05) is 20.3 Å². The monoisotopic (exact) mass is 265 g/mol. The van der Waals surface area contributed by atoms with E-state index in [1.165, 1.54) is 0 Å². The molecule has 1 aromatic rings. The number of nitrogens with zero attached hydrogens (tertiary/aromatic N) is 1. The zero-order chi connectivity index (χ0) is 13.1. The summed E-state index contributed by atoms with van der Waals surface area (Å²) in [6.07, 6.45) is 0. The van der Waals surface area contributed by atoms with Crippen molar-refractivity contribution in [3.63, 3.8) is 0 Å². The van der Waals surface area contributed by atoms with Crippen molar-refractivity contribution in [1.82, 2.24) is 0 Å². The number of carbonyl (C=O) groups excluding carboxylic acids is 2. The van der Waals surface area contributed by atoms with Gasteiger partial charge >= 0.3 is 0 Å². The van der Waals surface area contributed by atoms with Gasteiger partial charge in [0.15, 0.2) is 5.78 Å². The molecule has 0 N–H and O–H groups in total. The second-order valence-corrected chi connectivity index (χ2v) is 4.30. The first kappa shape index (κ1) is 12.9. The lowest BCUT2D eigenvalue weighted by atomic mass is 9.88. The topological polar surface area (TPSA) is 55.7 Å². The number of Topliss-reactive ketones (excluding diaryl/α,β-unsaturated/α-hetero) is 2. The standard InChI is InChI=1S/C13H12ClNO3/c1-18-7-6-15-11-10(14)12(16)8-4-2-3-5-9(8)13(11)17/h2-5,10H,6-7H2,1H3/t10-/m0/s1. The van der Waals surface area contributed by atoms with E-state index in [1.807, 2.05) is 0 Å². The highest BCUT2D eigenvalue weighted by molar-refractivity contribution is 6.64. The highest BCUT2D eigenvalue weighted by atomic mass is 35.5. The summed E-state index contributed by atoms with van der Waals surface area (Å²) in [5, 5.41) is -0.996. The third kappa shape index (κ3) is 2.21. The molecule has 0 amide bonds. The van der Waals surface area contributed by atoms with Crippen LogP contribution in [0.3, 0.4) is 0 Å². The van der Waals surface area contributed by atoms with Crippen molar-refractivity contribution >= 4 is 28.9 Å². The lowest BCUT2D eigenvalue weighted by Gasteiger charge is -2.19. The number of carbonyl (C=O) groups is 2. The first-order valence-corrected chi connectivity index (χ1v) is 5.95. The molecule has 0 saturated heterocycles. The van der Waals surface area contributed by atoms with Gasteiger partial charge in [-0.25, -0.2) is 0 Å². The highest BCUT2D eigenvalue weighted by Gasteiger charge is 2.36. The van der Waals surface area contributed by atoms with Gasteiger partial charge in [-0.05, 0) is 0 Å². The Morgan fingerprint density at radius 3 is 2.61 bits per heavy atom. The summed E-state index contributed by atoms with van der Waals surface area (Å²) in [6, 6.07) is 6.65. The summed E-state index contributed by atoms with van der Waals surface area (Å²) in [5.41, 5.74) is 0.848. The Kier molecular flexibility index (Phi) is 3.89. The van der Waals surface area contributed by atoms with Crippen molar-refractivity contribution < 1.29 is 14.3 Å². The predicted molar refractivity (Wildman–Crippen MR) is 68.9 cm³/mol. The Morgan fingerprint density at radius 1 is 1.28 bits per heavy atom. The van der Waals surface area contributed by atoms with Crippen molar-refractivity contribution in [1.29, 1.82) is 0 Å². The summed E-state index contributed by atoms with van der Waals surface area (Å²) in [5.74, 6) is -0.552. The van der Waals surface area contributed by atoms with Crippen molar-refractivity contribution in [3.8, 4) is 0 Å². The third-order valence-electron chi connectivity index (χ3n) is 2.72. The predicted octanol–water partition coefficient (Wildman–Crippen LogP) is 1.76. The Labute approximate surface area is 110 Å². The van der Waals surface area contributed by atoms with Gasteiger partial charge in [0, 0.05) is 18.2 Å². The van der Waals surface area contributed by atoms with Crippen LogP contribution in [0.1, 0.15) is 20.7 Å². The molecular formula is C13H12ClNO3. The molecular weight excluding hydrogens is 254 g/mol. The molecule has 0 aromatic heterocycles. The minimum absolute atomic E-state index is 0.109. The molecule has 1 aromatic carbocycles. The van der Waals surface area contributed by atoms with E-state index in [1.54, 1.807) is 31.4 Å². The summed E-state index contributed by atoms with van der Waals surface area (Å²) >= 11 is 5.99. The van der Waals surface area contributed by atoms with E-state index < -0.39 is 5.38 Å². The van der Waals surface area contributed by atoms with Gasteiger partial charge in [0.1, 0.15) is 11.1 Å². The molecule has 1 aliphatic rings. The maximum Gasteiger partial charge on any atom is 0.209 e. The molecule has 0 unspecified atom stereocenters. The molecule has 1 atom stereocenters. The number of methoxy groups -OCH3 is 1. The molecule has 0 heterocycles. The second-order valence-electron chi connectivity index (χ2n) is 3.86. The molecule has 1 aliphatic carbocycles.